The lowest BCUT2D eigenvalue weighted by atomic mass is 9.81. The number of allylic oxidation sites excluding steroid dienone is 1. The number of rotatable bonds is 10. The maximum atomic E-state index is 13.0. The second-order valence-electron chi connectivity index (χ2n) is 6.54. The van der Waals surface area contributed by atoms with E-state index in [0.29, 0.717) is 17.9 Å². The van der Waals surface area contributed by atoms with Crippen molar-refractivity contribution in [1.82, 2.24) is 0 Å². The molecule has 0 heterocycles. The molecule has 2 aliphatic rings. The Labute approximate surface area is 164 Å². The average Bonchev–Trinajstić information content (AvgIpc) is 3.10. The Morgan fingerprint density at radius 2 is 1.81 bits per heavy atom. The van der Waals surface area contributed by atoms with Crippen LogP contribution in [-0.4, -0.2) is 41.0 Å². The lowest BCUT2D eigenvalue weighted by Gasteiger charge is -2.36. The monoisotopic (exact) mass is 422 g/mol. The predicted molar refractivity (Wildman–Crippen MR) is 104 cm³/mol. The molecule has 1 fully saturated rings. The van der Waals surface area contributed by atoms with Gasteiger partial charge in [-0.3, -0.25) is 18.1 Å². The smallest absolute Gasteiger partial charge is 0.466 e. The first-order valence-corrected chi connectivity index (χ1v) is 12.6. The second-order valence-corrected chi connectivity index (χ2v) is 9.98. The van der Waals surface area contributed by atoms with Crippen molar-refractivity contribution in [2.45, 2.75) is 58.6 Å². The van der Waals surface area contributed by atoms with Gasteiger partial charge in [0.25, 0.3) is 0 Å². The molecule has 2 aliphatic carbocycles. The molecule has 0 saturated heterocycles. The summed E-state index contributed by atoms with van der Waals surface area (Å²) in [6.45, 7) is 7.53. The van der Waals surface area contributed by atoms with Gasteiger partial charge in [0.05, 0.1) is 25.7 Å². The Kier molecular flexibility index (Phi) is 8.53. The zero-order valence-electron chi connectivity index (χ0n) is 16.6. The van der Waals surface area contributed by atoms with E-state index in [1.54, 1.807) is 27.7 Å². The van der Waals surface area contributed by atoms with Crippen molar-refractivity contribution in [3.8, 4) is 0 Å². The number of carbonyl (C=O) groups is 1. The standard InChI is InChI=1S/C18H31O7PS/c1-5-22-18(19)15-12-13-10-9-11-14(13)16(17(15)27(21)8-4)25-26(20,23-6-2)24-7-3/h13,15,17H,5-12H2,1-4H3/t13-,15?,17?,27?/m1/s1. The number of hydrogen-bond donors (Lipinski definition) is 0. The van der Waals surface area contributed by atoms with Crippen molar-refractivity contribution >= 4 is 24.6 Å². The van der Waals surface area contributed by atoms with Crippen LogP contribution in [0.15, 0.2) is 11.3 Å². The summed E-state index contributed by atoms with van der Waals surface area (Å²) in [6, 6.07) is 0. The third-order valence-electron chi connectivity index (χ3n) is 4.91. The predicted octanol–water partition coefficient (Wildman–Crippen LogP) is 3.96. The minimum atomic E-state index is -3.84. The number of fused-ring (bicyclic) bond motifs is 1. The molecule has 0 aliphatic heterocycles. The highest BCUT2D eigenvalue weighted by Gasteiger charge is 2.48. The Bertz CT molecular complexity index is 623. The maximum absolute atomic E-state index is 13.0. The topological polar surface area (TPSA) is 88.1 Å². The van der Waals surface area contributed by atoms with Crippen LogP contribution in [0.4, 0.5) is 0 Å². The molecule has 0 aromatic carbocycles. The van der Waals surface area contributed by atoms with Crippen LogP contribution in [0.3, 0.4) is 0 Å². The van der Waals surface area contributed by atoms with Crippen molar-refractivity contribution in [3.63, 3.8) is 0 Å². The minimum absolute atomic E-state index is 0.149. The second kappa shape index (κ2) is 10.2. The summed E-state index contributed by atoms with van der Waals surface area (Å²) in [4.78, 5) is 12.6. The Balaban J connectivity index is 2.47. The highest BCUT2D eigenvalue weighted by Crippen LogP contribution is 2.56. The lowest BCUT2D eigenvalue weighted by Crippen LogP contribution is -2.41. The molecule has 3 unspecified atom stereocenters. The maximum Gasteiger partial charge on any atom is 0.529 e. The molecule has 0 spiro atoms. The highest BCUT2D eigenvalue weighted by atomic mass is 32.2. The van der Waals surface area contributed by atoms with E-state index in [4.69, 9.17) is 18.3 Å². The first-order valence-electron chi connectivity index (χ1n) is 9.76. The molecule has 0 amide bonds. The largest absolute Gasteiger partial charge is 0.529 e. The number of phosphoric acid groups is 1. The number of hydrogen-bond acceptors (Lipinski definition) is 7. The summed E-state index contributed by atoms with van der Waals surface area (Å²) < 4.78 is 47.6. The SMILES string of the molecule is CCOC(=O)C1C[C@H]2CCCC2=C(OP(=O)(OCC)OCC)C1S(=O)CC. The first kappa shape index (κ1) is 22.6. The van der Waals surface area contributed by atoms with Crippen LogP contribution >= 0.6 is 7.82 Å². The highest BCUT2D eigenvalue weighted by molar-refractivity contribution is 7.85. The fraction of sp³-hybridized carbons (Fsp3) is 0.833. The number of ether oxygens (including phenoxy) is 1. The molecule has 2 rings (SSSR count). The quantitative estimate of drug-likeness (QED) is 0.389. The summed E-state index contributed by atoms with van der Waals surface area (Å²) in [5.74, 6) is -0.0781. The molecule has 156 valence electrons. The molecule has 7 nitrogen and oxygen atoms in total. The number of carbonyl (C=O) groups excluding carboxylic acids is 1. The number of esters is 1. The van der Waals surface area contributed by atoms with Gasteiger partial charge in [-0.2, -0.15) is 0 Å². The van der Waals surface area contributed by atoms with Crippen LogP contribution in [-0.2, 0) is 38.5 Å². The van der Waals surface area contributed by atoms with Gasteiger partial charge in [-0.05, 0) is 57.9 Å². The van der Waals surface area contributed by atoms with Crippen molar-refractivity contribution in [1.29, 1.82) is 0 Å². The van der Waals surface area contributed by atoms with E-state index in [1.165, 1.54) is 0 Å². The van der Waals surface area contributed by atoms with E-state index in [1.807, 2.05) is 0 Å². The van der Waals surface area contributed by atoms with Crippen molar-refractivity contribution in [2.75, 3.05) is 25.6 Å². The fourth-order valence-corrected chi connectivity index (χ4v) is 6.63. The average molecular weight is 422 g/mol. The molecule has 0 radical (unpaired) electrons. The zero-order valence-corrected chi connectivity index (χ0v) is 18.3. The molecule has 0 aromatic rings. The molecular weight excluding hydrogens is 391 g/mol. The fourth-order valence-electron chi connectivity index (χ4n) is 3.89. The third kappa shape index (κ3) is 5.22. The summed E-state index contributed by atoms with van der Waals surface area (Å²) >= 11 is 0. The van der Waals surface area contributed by atoms with E-state index >= 15 is 0 Å². The Morgan fingerprint density at radius 1 is 1.15 bits per heavy atom. The van der Waals surface area contributed by atoms with Gasteiger partial charge < -0.3 is 9.26 Å². The van der Waals surface area contributed by atoms with Gasteiger partial charge in [-0.25, -0.2) is 4.57 Å². The van der Waals surface area contributed by atoms with Crippen LogP contribution in [0.25, 0.3) is 0 Å². The molecule has 0 N–H and O–H groups in total. The van der Waals surface area contributed by atoms with Gasteiger partial charge in [0.15, 0.2) is 0 Å². The normalized spacial score (nSPS) is 26.6. The summed E-state index contributed by atoms with van der Waals surface area (Å²) in [6.07, 6.45) is 3.26. The van der Waals surface area contributed by atoms with Crippen LogP contribution in [0.5, 0.6) is 0 Å². The zero-order chi connectivity index (χ0) is 20.0. The lowest BCUT2D eigenvalue weighted by molar-refractivity contribution is -0.148. The van der Waals surface area contributed by atoms with Crippen molar-refractivity contribution in [3.05, 3.63) is 11.3 Å². The van der Waals surface area contributed by atoms with Gasteiger partial charge in [0.2, 0.25) is 0 Å². The van der Waals surface area contributed by atoms with Gasteiger partial charge in [-0.1, -0.05) is 6.92 Å². The van der Waals surface area contributed by atoms with E-state index in [2.05, 4.69) is 0 Å². The van der Waals surface area contributed by atoms with Crippen molar-refractivity contribution in [2.24, 2.45) is 11.8 Å². The summed E-state index contributed by atoms with van der Waals surface area (Å²) in [5, 5.41) is -0.687. The first-order chi connectivity index (χ1) is 12.9. The van der Waals surface area contributed by atoms with E-state index in [0.717, 1.165) is 24.8 Å². The molecule has 4 atom stereocenters. The Hall–Kier alpha value is -0.690. The van der Waals surface area contributed by atoms with Gasteiger partial charge in [0, 0.05) is 16.6 Å². The van der Waals surface area contributed by atoms with Crippen molar-refractivity contribution < 1.29 is 31.9 Å². The molecule has 9 heteroatoms. The van der Waals surface area contributed by atoms with Gasteiger partial charge >= 0.3 is 13.8 Å². The van der Waals surface area contributed by atoms with Gasteiger partial charge in [0.1, 0.15) is 11.0 Å². The molecule has 0 aromatic heterocycles. The van der Waals surface area contributed by atoms with Crippen LogP contribution < -0.4 is 0 Å². The number of phosphoric ester groups is 1. The summed E-state index contributed by atoms with van der Waals surface area (Å²) in [7, 11) is -5.21. The van der Waals surface area contributed by atoms with E-state index < -0.39 is 29.8 Å². The molecular formula is C18H31O7PS. The molecule has 27 heavy (non-hydrogen) atoms. The molecule has 1 saturated carbocycles. The summed E-state index contributed by atoms with van der Waals surface area (Å²) in [5.41, 5.74) is 1.00. The van der Waals surface area contributed by atoms with Gasteiger partial charge in [-0.15, -0.1) is 0 Å². The Morgan fingerprint density at radius 3 is 2.37 bits per heavy atom. The molecule has 0 bridgehead atoms. The van der Waals surface area contributed by atoms with E-state index in [9.17, 15) is 13.6 Å². The van der Waals surface area contributed by atoms with Crippen LogP contribution in [0, 0.1) is 11.8 Å². The van der Waals surface area contributed by atoms with E-state index in [-0.39, 0.29) is 31.7 Å². The third-order valence-corrected chi connectivity index (χ3v) is 8.16. The van der Waals surface area contributed by atoms with Crippen LogP contribution in [0.1, 0.15) is 53.4 Å². The minimum Gasteiger partial charge on any atom is -0.466 e. The van der Waals surface area contributed by atoms with Crippen LogP contribution in [0.2, 0.25) is 0 Å².